The van der Waals surface area contributed by atoms with Gasteiger partial charge in [-0.1, -0.05) is 0 Å². The molecule has 0 aliphatic carbocycles. The lowest BCUT2D eigenvalue weighted by atomic mass is 10.0. The molecule has 0 bridgehead atoms. The zero-order chi connectivity index (χ0) is 12.3. The maximum Gasteiger partial charge on any atom is 0.0535 e. The van der Waals surface area contributed by atoms with Crippen LogP contribution in [0.2, 0.25) is 0 Å². The van der Waals surface area contributed by atoms with Crippen molar-refractivity contribution < 1.29 is 0 Å². The summed E-state index contributed by atoms with van der Waals surface area (Å²) in [7, 11) is 0. The highest BCUT2D eigenvalue weighted by Gasteiger charge is 2.20. The van der Waals surface area contributed by atoms with Crippen LogP contribution in [0.3, 0.4) is 0 Å². The SMILES string of the molecule is Cc1[nH]ncc1CNC1CCN(C(C)C)CC1. The second-order valence-corrected chi connectivity index (χ2v) is 5.31. The van der Waals surface area contributed by atoms with Crippen LogP contribution < -0.4 is 5.32 Å². The summed E-state index contributed by atoms with van der Waals surface area (Å²) in [5.41, 5.74) is 2.47. The summed E-state index contributed by atoms with van der Waals surface area (Å²) < 4.78 is 0. The number of piperidine rings is 1. The minimum Gasteiger partial charge on any atom is -0.310 e. The lowest BCUT2D eigenvalue weighted by molar-refractivity contribution is 0.161. The summed E-state index contributed by atoms with van der Waals surface area (Å²) in [6.45, 7) is 10.0. The van der Waals surface area contributed by atoms with Gasteiger partial charge in [0.05, 0.1) is 6.20 Å². The Bertz CT molecular complexity index is 337. The van der Waals surface area contributed by atoms with Crippen molar-refractivity contribution in [3.63, 3.8) is 0 Å². The Labute approximate surface area is 104 Å². The van der Waals surface area contributed by atoms with Gasteiger partial charge in [0, 0.05) is 29.9 Å². The van der Waals surface area contributed by atoms with Crippen LogP contribution in [-0.2, 0) is 6.54 Å². The number of nitrogens with one attached hydrogen (secondary N) is 2. The smallest absolute Gasteiger partial charge is 0.0535 e. The fraction of sp³-hybridized carbons (Fsp3) is 0.769. The molecule has 0 atom stereocenters. The van der Waals surface area contributed by atoms with Gasteiger partial charge in [-0.3, -0.25) is 5.10 Å². The summed E-state index contributed by atoms with van der Waals surface area (Å²) in [4.78, 5) is 2.56. The molecule has 96 valence electrons. The van der Waals surface area contributed by atoms with Crippen LogP contribution in [0.4, 0.5) is 0 Å². The predicted octanol–water partition coefficient (Wildman–Crippen LogP) is 1.68. The van der Waals surface area contributed by atoms with E-state index in [1.807, 2.05) is 6.20 Å². The van der Waals surface area contributed by atoms with Crippen molar-refractivity contribution in [2.75, 3.05) is 13.1 Å². The van der Waals surface area contributed by atoms with Gasteiger partial charge in [-0.05, 0) is 46.7 Å². The summed E-state index contributed by atoms with van der Waals surface area (Å²) in [6, 6.07) is 1.35. The van der Waals surface area contributed by atoms with E-state index in [0.717, 1.165) is 6.54 Å². The van der Waals surface area contributed by atoms with Crippen LogP contribution >= 0.6 is 0 Å². The van der Waals surface area contributed by atoms with Gasteiger partial charge >= 0.3 is 0 Å². The van der Waals surface area contributed by atoms with Gasteiger partial charge in [0.1, 0.15) is 0 Å². The first kappa shape index (κ1) is 12.6. The molecule has 17 heavy (non-hydrogen) atoms. The van der Waals surface area contributed by atoms with Crippen LogP contribution in [0.1, 0.15) is 37.9 Å². The Hall–Kier alpha value is -0.870. The summed E-state index contributed by atoms with van der Waals surface area (Å²) in [5, 5.41) is 10.7. The summed E-state index contributed by atoms with van der Waals surface area (Å²) >= 11 is 0. The molecule has 4 heteroatoms. The van der Waals surface area contributed by atoms with Gasteiger partial charge in [0.25, 0.3) is 0 Å². The van der Waals surface area contributed by atoms with E-state index >= 15 is 0 Å². The van der Waals surface area contributed by atoms with Crippen molar-refractivity contribution in [1.29, 1.82) is 0 Å². The minimum atomic E-state index is 0.666. The Morgan fingerprint density at radius 1 is 1.47 bits per heavy atom. The van der Waals surface area contributed by atoms with E-state index in [1.54, 1.807) is 0 Å². The topological polar surface area (TPSA) is 44.0 Å². The van der Waals surface area contributed by atoms with E-state index in [1.165, 1.54) is 37.2 Å². The first-order valence-electron chi connectivity index (χ1n) is 6.63. The highest BCUT2D eigenvalue weighted by atomic mass is 15.2. The standard InChI is InChI=1S/C13H24N4/c1-10(2)17-6-4-13(5-7-17)14-8-12-9-15-16-11(12)3/h9-10,13-14H,4-8H2,1-3H3,(H,15,16). The molecule has 2 heterocycles. The molecule has 0 unspecified atom stereocenters. The van der Waals surface area contributed by atoms with Gasteiger partial charge < -0.3 is 10.2 Å². The number of nitrogens with zero attached hydrogens (tertiary/aromatic N) is 2. The highest BCUT2D eigenvalue weighted by Crippen LogP contribution is 2.13. The molecule has 1 aromatic rings. The Kier molecular flexibility index (Phi) is 4.18. The second-order valence-electron chi connectivity index (χ2n) is 5.31. The van der Waals surface area contributed by atoms with Crippen LogP contribution in [0, 0.1) is 6.92 Å². The van der Waals surface area contributed by atoms with Crippen molar-refractivity contribution in [1.82, 2.24) is 20.4 Å². The number of aromatic nitrogens is 2. The Morgan fingerprint density at radius 2 is 2.18 bits per heavy atom. The zero-order valence-corrected chi connectivity index (χ0v) is 11.2. The van der Waals surface area contributed by atoms with Gasteiger partial charge in [-0.15, -0.1) is 0 Å². The Balaban J connectivity index is 1.74. The number of hydrogen-bond donors (Lipinski definition) is 2. The second kappa shape index (κ2) is 5.65. The zero-order valence-electron chi connectivity index (χ0n) is 11.2. The number of aromatic amines is 1. The first-order chi connectivity index (χ1) is 8.16. The minimum absolute atomic E-state index is 0.666. The fourth-order valence-electron chi connectivity index (χ4n) is 2.43. The molecule has 0 amide bonds. The maximum absolute atomic E-state index is 4.05. The molecule has 0 spiro atoms. The van der Waals surface area contributed by atoms with Crippen molar-refractivity contribution in [2.24, 2.45) is 0 Å². The van der Waals surface area contributed by atoms with Crippen LogP contribution in [-0.4, -0.2) is 40.3 Å². The number of hydrogen-bond acceptors (Lipinski definition) is 3. The van der Waals surface area contributed by atoms with Crippen LogP contribution in [0.25, 0.3) is 0 Å². The first-order valence-corrected chi connectivity index (χ1v) is 6.63. The van der Waals surface area contributed by atoms with Crippen molar-refractivity contribution in [3.05, 3.63) is 17.5 Å². The molecule has 4 nitrogen and oxygen atoms in total. The molecule has 0 aromatic carbocycles. The van der Waals surface area contributed by atoms with Gasteiger partial charge in [-0.2, -0.15) is 5.10 Å². The molecule has 1 fully saturated rings. The van der Waals surface area contributed by atoms with Gasteiger partial charge in [-0.25, -0.2) is 0 Å². The molecular formula is C13H24N4. The Morgan fingerprint density at radius 3 is 2.71 bits per heavy atom. The molecular weight excluding hydrogens is 212 g/mol. The molecule has 1 aliphatic heterocycles. The largest absolute Gasteiger partial charge is 0.310 e. The molecule has 0 radical (unpaired) electrons. The number of likely N-dealkylation sites (tertiary alicyclic amines) is 1. The average molecular weight is 236 g/mol. The van der Waals surface area contributed by atoms with Crippen LogP contribution in [0.5, 0.6) is 0 Å². The van der Waals surface area contributed by atoms with Gasteiger partial charge in [0.15, 0.2) is 0 Å². The number of rotatable bonds is 4. The van der Waals surface area contributed by atoms with Crippen molar-refractivity contribution >= 4 is 0 Å². The van der Waals surface area contributed by atoms with E-state index in [9.17, 15) is 0 Å². The van der Waals surface area contributed by atoms with E-state index in [4.69, 9.17) is 0 Å². The third kappa shape index (κ3) is 3.30. The average Bonchev–Trinajstić information content (AvgIpc) is 2.73. The quantitative estimate of drug-likeness (QED) is 0.836. The molecule has 2 rings (SSSR count). The number of aryl methyl sites for hydroxylation is 1. The normalized spacial score (nSPS) is 19.1. The van der Waals surface area contributed by atoms with Crippen molar-refractivity contribution in [3.8, 4) is 0 Å². The highest BCUT2D eigenvalue weighted by molar-refractivity contribution is 5.13. The van der Waals surface area contributed by atoms with E-state index < -0.39 is 0 Å². The fourth-order valence-corrected chi connectivity index (χ4v) is 2.43. The van der Waals surface area contributed by atoms with E-state index in [-0.39, 0.29) is 0 Å². The monoisotopic (exact) mass is 236 g/mol. The predicted molar refractivity (Wildman–Crippen MR) is 69.9 cm³/mol. The molecule has 0 saturated carbocycles. The third-order valence-electron chi connectivity index (χ3n) is 3.78. The molecule has 1 aliphatic rings. The van der Waals surface area contributed by atoms with Crippen molar-refractivity contribution in [2.45, 2.75) is 52.2 Å². The summed E-state index contributed by atoms with van der Waals surface area (Å²) in [5.74, 6) is 0. The van der Waals surface area contributed by atoms with Crippen LogP contribution in [0.15, 0.2) is 6.20 Å². The lowest BCUT2D eigenvalue weighted by Gasteiger charge is -2.35. The molecule has 1 aromatic heterocycles. The molecule has 1 saturated heterocycles. The lowest BCUT2D eigenvalue weighted by Crippen LogP contribution is -2.44. The summed E-state index contributed by atoms with van der Waals surface area (Å²) in [6.07, 6.45) is 4.44. The number of H-pyrrole nitrogens is 1. The third-order valence-corrected chi connectivity index (χ3v) is 3.78. The maximum atomic E-state index is 4.05. The molecule has 2 N–H and O–H groups in total. The van der Waals surface area contributed by atoms with E-state index in [0.29, 0.717) is 12.1 Å². The van der Waals surface area contributed by atoms with E-state index in [2.05, 4.69) is 41.2 Å². The van der Waals surface area contributed by atoms with Gasteiger partial charge in [0.2, 0.25) is 0 Å².